The average Bonchev–Trinajstić information content (AvgIpc) is 2.12. The van der Waals surface area contributed by atoms with Crippen LogP contribution in [0, 0.1) is 18.6 Å². The highest BCUT2D eigenvalue weighted by Crippen LogP contribution is 2.24. The summed E-state index contributed by atoms with van der Waals surface area (Å²) in [7, 11) is 0. The molecule has 0 heterocycles. The Morgan fingerprint density at radius 1 is 1.29 bits per heavy atom. The molecule has 0 saturated heterocycles. The zero-order valence-corrected chi connectivity index (χ0v) is 8.40. The summed E-state index contributed by atoms with van der Waals surface area (Å²) in [6.07, 6.45) is 0.345. The summed E-state index contributed by atoms with van der Waals surface area (Å²) in [5, 5.41) is 0. The first kappa shape index (κ1) is 10.8. The van der Waals surface area contributed by atoms with Crippen LogP contribution < -0.4 is 0 Å². The van der Waals surface area contributed by atoms with E-state index in [1.807, 2.05) is 0 Å². The van der Waals surface area contributed by atoms with Gasteiger partial charge in [-0.1, -0.05) is 19.9 Å². The van der Waals surface area contributed by atoms with Gasteiger partial charge in [0.15, 0.2) is 17.9 Å². The summed E-state index contributed by atoms with van der Waals surface area (Å²) < 4.78 is 26.6. The largest absolute Gasteiger partial charge is 0.298 e. The SMILES string of the molecule is Cc1cc(C(C)C)c(F)c(F)c1C=O. The van der Waals surface area contributed by atoms with E-state index in [4.69, 9.17) is 0 Å². The number of hydrogen-bond donors (Lipinski definition) is 0. The Kier molecular flexibility index (Phi) is 2.99. The van der Waals surface area contributed by atoms with Gasteiger partial charge in [0.2, 0.25) is 0 Å². The third-order valence-electron chi connectivity index (χ3n) is 2.22. The molecule has 1 aromatic rings. The van der Waals surface area contributed by atoms with E-state index in [0.29, 0.717) is 17.4 Å². The fraction of sp³-hybridized carbons (Fsp3) is 0.364. The molecule has 0 aliphatic heterocycles. The van der Waals surface area contributed by atoms with Crippen LogP contribution in [0.15, 0.2) is 6.07 Å². The van der Waals surface area contributed by atoms with Crippen LogP contribution in [0.25, 0.3) is 0 Å². The summed E-state index contributed by atoms with van der Waals surface area (Å²) in [4.78, 5) is 10.5. The highest BCUT2D eigenvalue weighted by atomic mass is 19.2. The summed E-state index contributed by atoms with van der Waals surface area (Å²) in [6, 6.07) is 1.52. The molecule has 0 amide bonds. The van der Waals surface area contributed by atoms with Gasteiger partial charge in [-0.15, -0.1) is 0 Å². The van der Waals surface area contributed by atoms with Gasteiger partial charge in [-0.2, -0.15) is 0 Å². The molecule has 0 bridgehead atoms. The molecule has 1 nitrogen and oxygen atoms in total. The van der Waals surface area contributed by atoms with Crippen LogP contribution in [0.1, 0.15) is 41.3 Å². The van der Waals surface area contributed by atoms with Crippen LogP contribution in [-0.4, -0.2) is 6.29 Å². The van der Waals surface area contributed by atoms with E-state index >= 15 is 0 Å². The molecule has 0 spiro atoms. The smallest absolute Gasteiger partial charge is 0.169 e. The lowest BCUT2D eigenvalue weighted by Gasteiger charge is -2.10. The highest BCUT2D eigenvalue weighted by molar-refractivity contribution is 5.77. The lowest BCUT2D eigenvalue weighted by atomic mass is 9.97. The predicted octanol–water partition coefficient (Wildman–Crippen LogP) is 3.21. The number of carbonyl (C=O) groups excluding carboxylic acids is 1. The van der Waals surface area contributed by atoms with Gasteiger partial charge in [-0.05, 0) is 24.0 Å². The van der Waals surface area contributed by atoms with Gasteiger partial charge in [0, 0.05) is 0 Å². The van der Waals surface area contributed by atoms with Crippen molar-refractivity contribution in [1.82, 2.24) is 0 Å². The summed E-state index contributed by atoms with van der Waals surface area (Å²) in [5.74, 6) is -2.04. The molecule has 0 N–H and O–H groups in total. The van der Waals surface area contributed by atoms with Crippen LogP contribution in [-0.2, 0) is 0 Å². The van der Waals surface area contributed by atoms with Crippen molar-refractivity contribution >= 4 is 6.29 Å². The van der Waals surface area contributed by atoms with E-state index in [-0.39, 0.29) is 11.5 Å². The molecule has 0 aliphatic carbocycles. The van der Waals surface area contributed by atoms with Crippen LogP contribution in [0.2, 0.25) is 0 Å². The number of hydrogen-bond acceptors (Lipinski definition) is 1. The Labute approximate surface area is 81.7 Å². The van der Waals surface area contributed by atoms with Crippen LogP contribution in [0.3, 0.4) is 0 Å². The average molecular weight is 198 g/mol. The van der Waals surface area contributed by atoms with E-state index in [0.717, 1.165) is 0 Å². The predicted molar refractivity (Wildman–Crippen MR) is 50.6 cm³/mol. The number of aldehydes is 1. The lowest BCUT2D eigenvalue weighted by molar-refractivity contribution is 0.111. The number of halogens is 2. The molecule has 76 valence electrons. The molecule has 0 aliphatic rings. The third kappa shape index (κ3) is 1.67. The first-order valence-corrected chi connectivity index (χ1v) is 4.42. The number of carbonyl (C=O) groups is 1. The Balaban J connectivity index is 3.47. The summed E-state index contributed by atoms with van der Waals surface area (Å²) in [6.45, 7) is 5.15. The molecule has 0 saturated carbocycles. The monoisotopic (exact) mass is 198 g/mol. The van der Waals surface area contributed by atoms with Gasteiger partial charge in [0.1, 0.15) is 0 Å². The highest BCUT2D eigenvalue weighted by Gasteiger charge is 2.17. The van der Waals surface area contributed by atoms with Crippen molar-refractivity contribution in [2.75, 3.05) is 0 Å². The Morgan fingerprint density at radius 3 is 2.29 bits per heavy atom. The normalized spacial score (nSPS) is 10.7. The minimum absolute atomic E-state index is 0.0936. The molecule has 0 fully saturated rings. The van der Waals surface area contributed by atoms with Gasteiger partial charge in [-0.25, -0.2) is 8.78 Å². The maximum Gasteiger partial charge on any atom is 0.169 e. The molecule has 0 aromatic heterocycles. The molecule has 14 heavy (non-hydrogen) atoms. The van der Waals surface area contributed by atoms with Gasteiger partial charge >= 0.3 is 0 Å². The molecule has 0 radical (unpaired) electrons. The molecule has 1 rings (SSSR count). The Bertz CT molecular complexity index is 370. The van der Waals surface area contributed by atoms with Crippen LogP contribution in [0.4, 0.5) is 8.78 Å². The Hall–Kier alpha value is -1.25. The fourth-order valence-corrected chi connectivity index (χ4v) is 1.36. The minimum atomic E-state index is -1.04. The molecular formula is C11H12F2O. The molecule has 3 heteroatoms. The van der Waals surface area contributed by atoms with Gasteiger partial charge in [0.25, 0.3) is 0 Å². The zero-order chi connectivity index (χ0) is 10.9. The maximum absolute atomic E-state index is 13.3. The fourth-order valence-electron chi connectivity index (χ4n) is 1.36. The van der Waals surface area contributed by atoms with Crippen molar-refractivity contribution in [3.63, 3.8) is 0 Å². The standard InChI is InChI=1S/C11H12F2O/c1-6(2)8-4-7(3)9(5-14)11(13)10(8)12/h4-6H,1-3H3. The van der Waals surface area contributed by atoms with Crippen molar-refractivity contribution in [3.8, 4) is 0 Å². The van der Waals surface area contributed by atoms with Crippen molar-refractivity contribution in [3.05, 3.63) is 34.4 Å². The molecular weight excluding hydrogens is 186 g/mol. The van der Waals surface area contributed by atoms with Gasteiger partial charge in [-0.3, -0.25) is 4.79 Å². The molecule has 0 atom stereocenters. The van der Waals surface area contributed by atoms with Crippen molar-refractivity contribution in [2.24, 2.45) is 0 Å². The van der Waals surface area contributed by atoms with Gasteiger partial charge < -0.3 is 0 Å². The van der Waals surface area contributed by atoms with Crippen LogP contribution >= 0.6 is 0 Å². The minimum Gasteiger partial charge on any atom is -0.298 e. The number of rotatable bonds is 2. The van der Waals surface area contributed by atoms with E-state index in [2.05, 4.69) is 0 Å². The van der Waals surface area contributed by atoms with E-state index < -0.39 is 11.6 Å². The lowest BCUT2D eigenvalue weighted by Crippen LogP contribution is -2.03. The van der Waals surface area contributed by atoms with Crippen molar-refractivity contribution < 1.29 is 13.6 Å². The Morgan fingerprint density at radius 2 is 1.86 bits per heavy atom. The quantitative estimate of drug-likeness (QED) is 0.667. The topological polar surface area (TPSA) is 17.1 Å². The second-order valence-corrected chi connectivity index (χ2v) is 3.60. The second-order valence-electron chi connectivity index (χ2n) is 3.60. The van der Waals surface area contributed by atoms with E-state index in [1.54, 1.807) is 20.8 Å². The van der Waals surface area contributed by atoms with Crippen molar-refractivity contribution in [2.45, 2.75) is 26.7 Å². The number of benzene rings is 1. The summed E-state index contributed by atoms with van der Waals surface area (Å²) in [5.41, 5.74) is 0.597. The molecule has 1 aromatic carbocycles. The summed E-state index contributed by atoms with van der Waals surface area (Å²) >= 11 is 0. The zero-order valence-electron chi connectivity index (χ0n) is 8.40. The van der Waals surface area contributed by atoms with E-state index in [1.165, 1.54) is 6.07 Å². The first-order chi connectivity index (χ1) is 6.49. The molecule has 0 unspecified atom stereocenters. The van der Waals surface area contributed by atoms with Gasteiger partial charge in [0.05, 0.1) is 5.56 Å². The van der Waals surface area contributed by atoms with Crippen LogP contribution in [0.5, 0.6) is 0 Å². The number of aryl methyl sites for hydroxylation is 1. The maximum atomic E-state index is 13.3. The van der Waals surface area contributed by atoms with E-state index in [9.17, 15) is 13.6 Å². The third-order valence-corrected chi connectivity index (χ3v) is 2.22. The second kappa shape index (κ2) is 3.86. The first-order valence-electron chi connectivity index (χ1n) is 4.42. The van der Waals surface area contributed by atoms with Crippen molar-refractivity contribution in [1.29, 1.82) is 0 Å².